The number of carbonyl (C=O) groups excluding carboxylic acids is 2. The number of allylic oxidation sites excluding steroid dienone is 46. The Bertz CT molecular complexity index is 2780. The van der Waals surface area contributed by atoms with Crippen molar-refractivity contribution >= 4 is 19.8 Å². The lowest BCUT2D eigenvalue weighted by Gasteiger charge is -2.24. The molecule has 0 radical (unpaired) electrons. The minimum Gasteiger partial charge on any atom is -0.462 e. The molecule has 0 aliphatic rings. The number of carbonyl (C=O) groups is 2. The Morgan fingerprint density at radius 2 is 0.529 bits per heavy atom. The van der Waals surface area contributed by atoms with Crippen molar-refractivity contribution in [2.45, 2.75) is 238 Å². The molecule has 0 spiro atoms. The summed E-state index contributed by atoms with van der Waals surface area (Å²) in [5, 5.41) is 0. The molecule has 0 saturated heterocycles. The van der Waals surface area contributed by atoms with Gasteiger partial charge in [-0.15, -0.1) is 0 Å². The third kappa shape index (κ3) is 82.0. The number of hydrogen-bond acceptors (Lipinski definition) is 7. The van der Waals surface area contributed by atoms with Crippen molar-refractivity contribution < 1.29 is 42.1 Å². The molecule has 0 heterocycles. The van der Waals surface area contributed by atoms with Crippen LogP contribution in [0.1, 0.15) is 232 Å². The average molecular weight is 1420 g/mol. The zero-order valence-corrected chi connectivity index (χ0v) is 65.1. The van der Waals surface area contributed by atoms with E-state index in [9.17, 15) is 19.0 Å². The number of rotatable bonds is 67. The zero-order valence-electron chi connectivity index (χ0n) is 64.2. The number of unbranched alkanes of at least 4 members (excludes halogenated alkanes) is 7. The molecule has 1 N–H and O–H groups in total. The van der Waals surface area contributed by atoms with Crippen LogP contribution in [0.15, 0.2) is 279 Å². The van der Waals surface area contributed by atoms with Crippen molar-refractivity contribution in [2.24, 2.45) is 0 Å². The summed E-state index contributed by atoms with van der Waals surface area (Å²) >= 11 is 0. The van der Waals surface area contributed by atoms with E-state index in [1.807, 2.05) is 21.1 Å². The van der Waals surface area contributed by atoms with Crippen molar-refractivity contribution in [3.8, 4) is 0 Å². The van der Waals surface area contributed by atoms with E-state index >= 15 is 0 Å². The molecule has 564 valence electrons. The lowest BCUT2D eigenvalue weighted by molar-refractivity contribution is -0.870. The van der Waals surface area contributed by atoms with Gasteiger partial charge in [-0.2, -0.15) is 0 Å². The van der Waals surface area contributed by atoms with Crippen molar-refractivity contribution in [1.82, 2.24) is 0 Å². The SMILES string of the molecule is CC/C=C\C/C=C\C/C=C\C/C=C\C/C=C\C/C=C\C/C=C\C/C=C\C/C=C\C/C=C\C/C=C\C/C=C\CCCCC(=O)OC(COC(=O)CCCCCCC/C=C\C/C=C\C/C=C\C/C=C\C/C=C\C/C=C\C/C=C\C/C=C\C/C=C\C/C=C\C/C=C\CC)COP(=O)(O)OCC[N+](C)(C)C. The maximum Gasteiger partial charge on any atom is 0.472 e. The number of likely N-dealkylation sites (N-methyl/N-ethyl adjacent to an activating group) is 1. The van der Waals surface area contributed by atoms with Gasteiger partial charge in [-0.05, 0) is 186 Å². The molecular formula is C92H139NO8P+. The van der Waals surface area contributed by atoms with Crippen LogP contribution < -0.4 is 0 Å². The molecule has 0 amide bonds. The largest absolute Gasteiger partial charge is 0.472 e. The Labute approximate surface area is 623 Å². The molecule has 0 aromatic heterocycles. The lowest BCUT2D eigenvalue weighted by atomic mass is 10.1. The minimum atomic E-state index is -4.44. The summed E-state index contributed by atoms with van der Waals surface area (Å²) in [6, 6.07) is 0. The van der Waals surface area contributed by atoms with Crippen molar-refractivity contribution in [3.05, 3.63) is 279 Å². The number of phosphoric acid groups is 1. The van der Waals surface area contributed by atoms with Crippen LogP contribution in [0, 0.1) is 0 Å². The fraction of sp³-hybridized carbons (Fsp3) is 0.478. The quantitative estimate of drug-likeness (QED) is 0.0211. The molecule has 0 bridgehead atoms. The van der Waals surface area contributed by atoms with E-state index in [2.05, 4.69) is 293 Å². The fourth-order valence-corrected chi connectivity index (χ4v) is 9.86. The first kappa shape index (κ1) is 95.0. The molecule has 9 nitrogen and oxygen atoms in total. The van der Waals surface area contributed by atoms with Crippen LogP contribution in [0.25, 0.3) is 0 Å². The monoisotopic (exact) mass is 1420 g/mol. The molecule has 0 rings (SSSR count). The molecule has 102 heavy (non-hydrogen) atoms. The Hall–Kier alpha value is -6.97. The van der Waals surface area contributed by atoms with Crippen LogP contribution in [0.5, 0.6) is 0 Å². The van der Waals surface area contributed by atoms with Gasteiger partial charge in [0.15, 0.2) is 6.10 Å². The Morgan fingerprint density at radius 3 is 0.804 bits per heavy atom. The molecule has 2 atom stereocenters. The van der Waals surface area contributed by atoms with Crippen molar-refractivity contribution in [2.75, 3.05) is 47.5 Å². The Kier molecular flexibility index (Phi) is 72.8. The predicted octanol–water partition coefficient (Wildman–Crippen LogP) is 26.4. The molecule has 0 aliphatic carbocycles. The summed E-state index contributed by atoms with van der Waals surface area (Å²) in [5.74, 6) is -0.896. The van der Waals surface area contributed by atoms with Gasteiger partial charge in [0.05, 0.1) is 27.7 Å². The van der Waals surface area contributed by atoms with Crippen LogP contribution in [0.4, 0.5) is 0 Å². The summed E-state index contributed by atoms with van der Waals surface area (Å²) in [6.07, 6.45) is 132. The molecule has 10 heteroatoms. The summed E-state index contributed by atoms with van der Waals surface area (Å²) in [5.41, 5.74) is 0. The molecule has 0 aromatic rings. The average Bonchev–Trinajstić information content (AvgIpc) is 0.914. The van der Waals surface area contributed by atoms with Crippen LogP contribution in [-0.2, 0) is 32.7 Å². The van der Waals surface area contributed by atoms with E-state index < -0.39 is 32.5 Å². The van der Waals surface area contributed by atoms with E-state index in [-0.39, 0.29) is 26.1 Å². The predicted molar refractivity (Wildman–Crippen MR) is 444 cm³/mol. The highest BCUT2D eigenvalue weighted by molar-refractivity contribution is 7.47. The zero-order chi connectivity index (χ0) is 74.0. The van der Waals surface area contributed by atoms with Crippen LogP contribution in [0.2, 0.25) is 0 Å². The third-order valence-corrected chi connectivity index (χ3v) is 15.9. The number of quaternary nitrogens is 1. The lowest BCUT2D eigenvalue weighted by Crippen LogP contribution is -2.37. The summed E-state index contributed by atoms with van der Waals surface area (Å²) in [7, 11) is 1.39. The standard InChI is InChI=1S/C92H138NO8P/c1-6-8-10-12-14-16-18-20-22-24-26-28-30-32-34-36-38-40-42-44-46-48-50-52-54-56-58-60-62-64-66-68-70-72-74-76-78-80-82-84-91(94)98-88-90(89-100-102(96,97)99-87-86-93(3,4)5)101-92(95)85-83-81-79-77-75-73-71-69-67-65-63-61-59-57-55-53-51-49-47-45-43-41-39-37-35-33-31-29-27-25-23-21-19-17-15-13-11-9-7-2/h8-11,14-17,20-23,26-29,32-35,38-41,44-47,50-53,56-59,62-65,68-71,75,77,90H,6-7,12-13,18-19,24-25,30-31,36-37,42-43,48-49,54-55,60-61,66-67,72-74,76,78-89H2,1-5H3/p+1/b10-8-,11-9-,16-14-,17-15-,22-20-,23-21-,28-26-,29-27-,34-32-,35-33-,40-38-,41-39-,46-44-,47-45-,52-50-,53-51-,58-56-,59-57-,64-62-,65-63-,70-68-,71-69-,77-75-. The normalized spacial score (nSPS) is 14.6. The highest BCUT2D eigenvalue weighted by Gasteiger charge is 2.27. The van der Waals surface area contributed by atoms with Gasteiger partial charge in [0.25, 0.3) is 0 Å². The Balaban J connectivity index is 4.26. The van der Waals surface area contributed by atoms with Gasteiger partial charge in [-0.1, -0.05) is 313 Å². The minimum absolute atomic E-state index is 0.00327. The fourth-order valence-electron chi connectivity index (χ4n) is 9.12. The highest BCUT2D eigenvalue weighted by Crippen LogP contribution is 2.43. The first-order valence-corrected chi connectivity index (χ1v) is 40.2. The number of nitrogens with zero attached hydrogens (tertiary/aromatic N) is 1. The first-order valence-electron chi connectivity index (χ1n) is 38.7. The van der Waals surface area contributed by atoms with Crippen LogP contribution in [-0.4, -0.2) is 74.9 Å². The maximum atomic E-state index is 12.9. The number of hydrogen-bond donors (Lipinski definition) is 1. The summed E-state index contributed by atoms with van der Waals surface area (Å²) < 4.78 is 34.7. The van der Waals surface area contributed by atoms with Gasteiger partial charge in [0.2, 0.25) is 0 Å². The molecule has 0 aromatic carbocycles. The second-order valence-electron chi connectivity index (χ2n) is 25.6. The van der Waals surface area contributed by atoms with E-state index in [1.54, 1.807) is 0 Å². The number of phosphoric ester groups is 1. The summed E-state index contributed by atoms with van der Waals surface area (Å²) in [4.78, 5) is 35.9. The van der Waals surface area contributed by atoms with E-state index in [0.717, 1.165) is 193 Å². The van der Waals surface area contributed by atoms with E-state index in [4.69, 9.17) is 18.5 Å². The van der Waals surface area contributed by atoms with Gasteiger partial charge < -0.3 is 18.9 Å². The summed E-state index contributed by atoms with van der Waals surface area (Å²) in [6.45, 7) is 4.08. The first-order chi connectivity index (χ1) is 50.0. The second-order valence-corrected chi connectivity index (χ2v) is 27.0. The molecule has 2 unspecified atom stereocenters. The van der Waals surface area contributed by atoms with Crippen LogP contribution in [0.3, 0.4) is 0 Å². The van der Waals surface area contributed by atoms with Gasteiger partial charge >= 0.3 is 19.8 Å². The number of ether oxygens (including phenoxy) is 2. The molecule has 0 saturated carbocycles. The molecular weight excluding hydrogens is 1280 g/mol. The van der Waals surface area contributed by atoms with Gasteiger partial charge in [-0.3, -0.25) is 18.6 Å². The topological polar surface area (TPSA) is 108 Å². The molecule has 0 aliphatic heterocycles. The van der Waals surface area contributed by atoms with E-state index in [1.165, 1.54) is 0 Å². The van der Waals surface area contributed by atoms with Crippen molar-refractivity contribution in [3.63, 3.8) is 0 Å². The Morgan fingerprint density at radius 1 is 0.304 bits per heavy atom. The second kappa shape index (κ2) is 78.2. The van der Waals surface area contributed by atoms with Gasteiger partial charge in [0.1, 0.15) is 19.8 Å². The smallest absolute Gasteiger partial charge is 0.462 e. The van der Waals surface area contributed by atoms with Gasteiger partial charge in [-0.25, -0.2) is 4.57 Å². The highest BCUT2D eigenvalue weighted by atomic mass is 31.2. The van der Waals surface area contributed by atoms with E-state index in [0.29, 0.717) is 23.9 Å². The molecule has 0 fully saturated rings. The van der Waals surface area contributed by atoms with Crippen molar-refractivity contribution in [1.29, 1.82) is 0 Å². The van der Waals surface area contributed by atoms with Gasteiger partial charge in [0, 0.05) is 12.8 Å². The van der Waals surface area contributed by atoms with Crippen LogP contribution >= 0.6 is 7.82 Å². The number of esters is 2. The third-order valence-electron chi connectivity index (χ3n) is 14.9. The maximum absolute atomic E-state index is 12.9.